The number of halogens is 7. The van der Waals surface area contributed by atoms with E-state index in [1.54, 1.807) is 0 Å². The molecule has 188 valence electrons. The highest BCUT2D eigenvalue weighted by Gasteiger charge is 2.34. The van der Waals surface area contributed by atoms with Gasteiger partial charge in [-0.2, -0.15) is 26.3 Å². The molecular formula is C23H18ClF6NO3S. The normalized spacial score (nSPS) is 12.5. The van der Waals surface area contributed by atoms with Gasteiger partial charge in [-0.25, -0.2) is 8.42 Å². The van der Waals surface area contributed by atoms with Crippen LogP contribution in [0.1, 0.15) is 23.6 Å². The predicted octanol–water partition coefficient (Wildman–Crippen LogP) is 7.17. The van der Waals surface area contributed by atoms with Crippen LogP contribution in [0.4, 0.5) is 32.0 Å². The summed E-state index contributed by atoms with van der Waals surface area (Å²) in [5.41, 5.74) is -1.96. The lowest BCUT2D eigenvalue weighted by molar-refractivity contribution is -0.138. The van der Waals surface area contributed by atoms with Crippen LogP contribution in [0.2, 0.25) is 5.02 Å². The van der Waals surface area contributed by atoms with Crippen molar-refractivity contribution in [3.05, 3.63) is 88.4 Å². The lowest BCUT2D eigenvalue weighted by atomic mass is 10.1. The van der Waals surface area contributed by atoms with Crippen LogP contribution in [0.5, 0.6) is 5.75 Å². The molecular weight excluding hydrogens is 520 g/mol. The maximum Gasteiger partial charge on any atom is 0.417 e. The third kappa shape index (κ3) is 6.02. The number of hydrogen-bond acceptors (Lipinski definition) is 3. The molecule has 12 heteroatoms. The Bertz CT molecular complexity index is 1310. The third-order valence-electron chi connectivity index (χ3n) is 4.92. The molecule has 4 nitrogen and oxygen atoms in total. The fourth-order valence-electron chi connectivity index (χ4n) is 3.25. The van der Waals surface area contributed by atoms with Crippen LogP contribution in [0.15, 0.2) is 71.6 Å². The van der Waals surface area contributed by atoms with Crippen molar-refractivity contribution >= 4 is 27.3 Å². The average molecular weight is 538 g/mol. The Balaban J connectivity index is 1.88. The fraction of sp³-hybridized carbons (Fsp3) is 0.217. The first-order valence-electron chi connectivity index (χ1n) is 10.0. The molecule has 0 fully saturated rings. The topological polar surface area (TPSA) is 46.6 Å². The molecule has 0 atom stereocenters. The number of alkyl halides is 6. The molecule has 0 unspecified atom stereocenters. The Morgan fingerprint density at radius 1 is 0.886 bits per heavy atom. The molecule has 0 aliphatic rings. The summed E-state index contributed by atoms with van der Waals surface area (Å²) in [5, 5.41) is -0.515. The summed E-state index contributed by atoms with van der Waals surface area (Å²) >= 11 is 5.87. The molecule has 0 heterocycles. The number of hydrogen-bond donors (Lipinski definition) is 0. The van der Waals surface area contributed by atoms with Gasteiger partial charge < -0.3 is 4.74 Å². The van der Waals surface area contributed by atoms with Gasteiger partial charge in [0, 0.05) is 18.2 Å². The minimum atomic E-state index is -4.72. The van der Waals surface area contributed by atoms with Crippen LogP contribution in [0.3, 0.4) is 0 Å². The Morgan fingerprint density at radius 3 is 2.17 bits per heavy atom. The van der Waals surface area contributed by atoms with Crippen LogP contribution in [-0.4, -0.2) is 15.0 Å². The summed E-state index contributed by atoms with van der Waals surface area (Å²) in [6, 6.07) is 12.4. The second-order valence-electron chi connectivity index (χ2n) is 7.26. The molecule has 0 aliphatic heterocycles. The van der Waals surface area contributed by atoms with Crippen LogP contribution in [-0.2, 0) is 29.0 Å². The second-order valence-corrected chi connectivity index (χ2v) is 9.50. The molecule has 3 aromatic rings. The van der Waals surface area contributed by atoms with E-state index in [1.165, 1.54) is 43.3 Å². The van der Waals surface area contributed by atoms with E-state index in [-0.39, 0.29) is 30.2 Å². The largest absolute Gasteiger partial charge is 0.489 e. The SMILES string of the molecule is CCN(c1cccc(OCc2cccc(C(F)(F)F)c2Cl)c1)S(=O)(=O)c1cccc(C(F)(F)F)c1. The molecule has 0 saturated carbocycles. The first-order valence-corrected chi connectivity index (χ1v) is 11.8. The van der Waals surface area contributed by atoms with Gasteiger partial charge in [0.2, 0.25) is 0 Å². The highest BCUT2D eigenvalue weighted by atomic mass is 35.5. The van der Waals surface area contributed by atoms with Crippen molar-refractivity contribution in [2.45, 2.75) is 30.8 Å². The van der Waals surface area contributed by atoms with E-state index in [4.69, 9.17) is 16.3 Å². The molecule has 0 saturated heterocycles. The highest BCUT2D eigenvalue weighted by Crippen LogP contribution is 2.37. The zero-order valence-corrected chi connectivity index (χ0v) is 19.6. The third-order valence-corrected chi connectivity index (χ3v) is 7.27. The van der Waals surface area contributed by atoms with E-state index >= 15 is 0 Å². The van der Waals surface area contributed by atoms with Gasteiger partial charge in [-0.15, -0.1) is 0 Å². The lowest BCUT2D eigenvalue weighted by Crippen LogP contribution is -2.31. The zero-order chi connectivity index (χ0) is 26.0. The number of nitrogens with zero attached hydrogens (tertiary/aromatic N) is 1. The highest BCUT2D eigenvalue weighted by molar-refractivity contribution is 7.92. The number of ether oxygens (including phenoxy) is 1. The summed E-state index contributed by atoms with van der Waals surface area (Å²) in [4.78, 5) is -0.545. The van der Waals surface area contributed by atoms with Gasteiger partial charge in [-0.05, 0) is 43.3 Å². The predicted molar refractivity (Wildman–Crippen MR) is 119 cm³/mol. The van der Waals surface area contributed by atoms with E-state index in [1.807, 2.05) is 0 Å². The summed E-state index contributed by atoms with van der Waals surface area (Å²) < 4.78 is 111. The molecule has 0 amide bonds. The number of benzene rings is 3. The second kappa shape index (κ2) is 9.98. The van der Waals surface area contributed by atoms with Crippen LogP contribution < -0.4 is 9.04 Å². The maximum absolute atomic E-state index is 13.1. The fourth-order valence-corrected chi connectivity index (χ4v) is 5.05. The average Bonchev–Trinajstić information content (AvgIpc) is 2.78. The quantitative estimate of drug-likeness (QED) is 0.300. The number of rotatable bonds is 7. The van der Waals surface area contributed by atoms with Crippen LogP contribution in [0, 0.1) is 0 Å². The van der Waals surface area contributed by atoms with E-state index in [0.29, 0.717) is 6.07 Å². The summed E-state index contributed by atoms with van der Waals surface area (Å²) in [5.74, 6) is 0.119. The van der Waals surface area contributed by atoms with E-state index in [0.717, 1.165) is 28.6 Å². The Kier molecular flexibility index (Phi) is 7.61. The van der Waals surface area contributed by atoms with E-state index in [9.17, 15) is 34.8 Å². The Morgan fingerprint density at radius 2 is 1.54 bits per heavy atom. The minimum absolute atomic E-state index is 0.0656. The minimum Gasteiger partial charge on any atom is -0.489 e. The smallest absolute Gasteiger partial charge is 0.417 e. The molecule has 35 heavy (non-hydrogen) atoms. The number of anilines is 1. The maximum atomic E-state index is 13.1. The van der Waals surface area contributed by atoms with E-state index in [2.05, 4.69) is 0 Å². The van der Waals surface area contributed by atoms with Gasteiger partial charge in [-0.3, -0.25) is 4.31 Å². The van der Waals surface area contributed by atoms with Gasteiger partial charge >= 0.3 is 12.4 Å². The molecule has 0 aromatic heterocycles. The van der Waals surface area contributed by atoms with Crippen molar-refractivity contribution in [2.24, 2.45) is 0 Å². The van der Waals surface area contributed by atoms with Crippen LogP contribution >= 0.6 is 11.6 Å². The van der Waals surface area contributed by atoms with Crippen molar-refractivity contribution in [1.82, 2.24) is 0 Å². The molecule has 0 aliphatic carbocycles. The first-order chi connectivity index (χ1) is 16.2. The Hall–Kier alpha value is -2.92. The standard InChI is InChI=1S/C23H18ClF6NO3S/c1-2-31(35(32,33)19-10-4-7-16(12-19)22(25,26)27)17-8-5-9-18(13-17)34-14-15-6-3-11-20(21(15)24)23(28,29)30/h3-13H,2,14H2,1H3. The molecule has 0 radical (unpaired) electrons. The van der Waals surface area contributed by atoms with Gasteiger partial charge in [0.25, 0.3) is 10.0 Å². The lowest BCUT2D eigenvalue weighted by Gasteiger charge is -2.24. The van der Waals surface area contributed by atoms with Gasteiger partial charge in [-0.1, -0.05) is 35.9 Å². The monoisotopic (exact) mass is 537 g/mol. The van der Waals surface area contributed by atoms with Crippen molar-refractivity contribution in [3.8, 4) is 5.75 Å². The molecule has 3 aromatic carbocycles. The summed E-state index contributed by atoms with van der Waals surface area (Å²) in [6.07, 6.45) is -9.37. The molecule has 0 spiro atoms. The van der Waals surface area contributed by atoms with Gasteiger partial charge in [0.1, 0.15) is 12.4 Å². The molecule has 3 rings (SSSR count). The van der Waals surface area contributed by atoms with Crippen molar-refractivity contribution in [3.63, 3.8) is 0 Å². The van der Waals surface area contributed by atoms with Crippen LogP contribution in [0.25, 0.3) is 0 Å². The van der Waals surface area contributed by atoms with Gasteiger partial charge in [0.15, 0.2) is 0 Å². The van der Waals surface area contributed by atoms with Gasteiger partial charge in [0.05, 0.1) is 26.7 Å². The van der Waals surface area contributed by atoms with Crippen molar-refractivity contribution < 1.29 is 39.5 Å². The Labute approximate surface area is 202 Å². The first kappa shape index (κ1) is 26.7. The number of sulfonamides is 1. The van der Waals surface area contributed by atoms with E-state index < -0.39 is 43.4 Å². The molecule has 0 bridgehead atoms. The van der Waals surface area contributed by atoms with Crippen molar-refractivity contribution in [2.75, 3.05) is 10.8 Å². The summed E-state index contributed by atoms with van der Waals surface area (Å²) in [6.45, 7) is 1.06. The summed E-state index contributed by atoms with van der Waals surface area (Å²) in [7, 11) is -4.37. The van der Waals surface area contributed by atoms with Crippen molar-refractivity contribution in [1.29, 1.82) is 0 Å². The molecule has 0 N–H and O–H groups in total. The zero-order valence-electron chi connectivity index (χ0n) is 18.0.